The number of aromatic amines is 1. The molecule has 32 heavy (non-hydrogen) atoms. The van der Waals surface area contributed by atoms with E-state index < -0.39 is 5.91 Å². The van der Waals surface area contributed by atoms with Crippen molar-refractivity contribution in [3.63, 3.8) is 0 Å². The van der Waals surface area contributed by atoms with E-state index in [4.69, 9.17) is 15.2 Å². The van der Waals surface area contributed by atoms with Gasteiger partial charge in [0, 0.05) is 30.4 Å². The van der Waals surface area contributed by atoms with Crippen molar-refractivity contribution < 1.29 is 14.3 Å². The van der Waals surface area contributed by atoms with Crippen LogP contribution in [0.4, 0.5) is 17.2 Å². The van der Waals surface area contributed by atoms with Gasteiger partial charge in [0.15, 0.2) is 0 Å². The molecule has 0 saturated carbocycles. The second-order valence-electron chi connectivity index (χ2n) is 7.53. The maximum absolute atomic E-state index is 11.3. The minimum absolute atomic E-state index is 0.255. The molecule has 1 amide bonds. The van der Waals surface area contributed by atoms with Crippen LogP contribution in [0.1, 0.15) is 23.0 Å². The van der Waals surface area contributed by atoms with Crippen LogP contribution in [0, 0.1) is 0 Å². The largest absolute Gasteiger partial charge is 0.494 e. The van der Waals surface area contributed by atoms with Crippen LogP contribution in [0.15, 0.2) is 36.4 Å². The summed E-state index contributed by atoms with van der Waals surface area (Å²) in [5.74, 6) is 0.981. The van der Waals surface area contributed by atoms with Crippen molar-refractivity contribution in [2.24, 2.45) is 5.73 Å². The van der Waals surface area contributed by atoms with Crippen LogP contribution in [-0.4, -0.2) is 55.1 Å². The van der Waals surface area contributed by atoms with Gasteiger partial charge >= 0.3 is 0 Å². The van der Waals surface area contributed by atoms with Crippen LogP contribution in [0.2, 0.25) is 0 Å². The third kappa shape index (κ3) is 5.04. The number of carbonyl (C=O) groups is 1. The first kappa shape index (κ1) is 22.1. The molecule has 2 aromatic heterocycles. The van der Waals surface area contributed by atoms with Gasteiger partial charge in [-0.15, -0.1) is 11.3 Å². The molecular weight excluding hydrogens is 428 g/mol. The van der Waals surface area contributed by atoms with Gasteiger partial charge in [-0.3, -0.25) is 9.89 Å². The number of anilines is 3. The van der Waals surface area contributed by atoms with E-state index in [1.807, 2.05) is 30.3 Å². The van der Waals surface area contributed by atoms with Crippen molar-refractivity contribution in [2.75, 3.05) is 37.5 Å². The first-order valence-corrected chi connectivity index (χ1v) is 11.4. The molecule has 4 rings (SSSR count). The number of amides is 1. The normalized spacial score (nSPS) is 17.0. The highest BCUT2D eigenvalue weighted by Crippen LogP contribution is 2.33. The number of carbonyl (C=O) groups excluding carboxylic acids is 1. The Hall–Kier alpha value is -3.08. The Balaban J connectivity index is 1.46. The highest BCUT2D eigenvalue weighted by atomic mass is 32.1. The molecule has 3 aromatic rings. The van der Waals surface area contributed by atoms with Gasteiger partial charge in [-0.25, -0.2) is 0 Å². The molecule has 2 unspecified atom stereocenters. The quantitative estimate of drug-likeness (QED) is 0.335. The Bertz CT molecular complexity index is 1060. The molecule has 10 heteroatoms. The summed E-state index contributed by atoms with van der Waals surface area (Å²) >= 11 is 1.31. The molecule has 0 spiro atoms. The zero-order valence-electron chi connectivity index (χ0n) is 18.1. The van der Waals surface area contributed by atoms with E-state index in [-0.39, 0.29) is 12.1 Å². The van der Waals surface area contributed by atoms with Crippen molar-refractivity contribution in [1.29, 1.82) is 0 Å². The number of hydrogen-bond acceptors (Lipinski definition) is 8. The summed E-state index contributed by atoms with van der Waals surface area (Å²) < 4.78 is 11.2. The van der Waals surface area contributed by atoms with E-state index >= 15 is 0 Å². The molecule has 0 radical (unpaired) electrons. The van der Waals surface area contributed by atoms with Gasteiger partial charge in [0.25, 0.3) is 5.91 Å². The monoisotopic (exact) mass is 456 g/mol. The summed E-state index contributed by atoms with van der Waals surface area (Å²) in [6.07, 6.45) is 0.973. The first-order valence-electron chi connectivity index (χ1n) is 10.6. The number of ether oxygens (including phenoxy) is 2. The SMILES string of the molecule is CCC(Nc1ccc(Nc2cc(-c3ccc(C(N)=O)s3)n[nH]2)c(OC)c1)C1COCCN1. The van der Waals surface area contributed by atoms with Gasteiger partial charge in [0.1, 0.15) is 17.3 Å². The number of nitrogens with one attached hydrogen (secondary N) is 4. The number of aromatic nitrogens is 2. The summed E-state index contributed by atoms with van der Waals surface area (Å²) in [5.41, 5.74) is 7.86. The molecule has 1 saturated heterocycles. The lowest BCUT2D eigenvalue weighted by atomic mass is 10.0. The van der Waals surface area contributed by atoms with E-state index in [1.54, 1.807) is 13.2 Å². The summed E-state index contributed by atoms with van der Waals surface area (Å²) in [6, 6.07) is 11.9. The van der Waals surface area contributed by atoms with Crippen LogP contribution in [0.3, 0.4) is 0 Å². The Labute approximate surface area is 190 Å². The van der Waals surface area contributed by atoms with Gasteiger partial charge in [-0.2, -0.15) is 5.10 Å². The molecule has 2 atom stereocenters. The van der Waals surface area contributed by atoms with Crippen LogP contribution < -0.4 is 26.4 Å². The predicted molar refractivity (Wildman–Crippen MR) is 127 cm³/mol. The van der Waals surface area contributed by atoms with Gasteiger partial charge in [0.2, 0.25) is 0 Å². The molecule has 3 heterocycles. The van der Waals surface area contributed by atoms with Crippen molar-refractivity contribution in [2.45, 2.75) is 25.4 Å². The molecule has 6 N–H and O–H groups in total. The lowest BCUT2D eigenvalue weighted by molar-refractivity contribution is 0.0703. The maximum atomic E-state index is 11.3. The second kappa shape index (κ2) is 10.0. The number of H-pyrrole nitrogens is 1. The van der Waals surface area contributed by atoms with Gasteiger partial charge in [-0.1, -0.05) is 6.92 Å². The summed E-state index contributed by atoms with van der Waals surface area (Å²) in [5, 5.41) is 17.7. The molecule has 9 nitrogen and oxygen atoms in total. The third-order valence-corrected chi connectivity index (χ3v) is 6.50. The van der Waals surface area contributed by atoms with Crippen molar-refractivity contribution in [3.8, 4) is 16.3 Å². The van der Waals surface area contributed by atoms with Crippen LogP contribution in [0.5, 0.6) is 5.75 Å². The number of primary amides is 1. The summed E-state index contributed by atoms with van der Waals surface area (Å²) in [4.78, 5) is 12.7. The lowest BCUT2D eigenvalue weighted by Gasteiger charge is -2.32. The topological polar surface area (TPSA) is 126 Å². The highest BCUT2D eigenvalue weighted by Gasteiger charge is 2.22. The molecule has 1 aliphatic heterocycles. The Morgan fingerprint density at radius 2 is 2.25 bits per heavy atom. The zero-order valence-corrected chi connectivity index (χ0v) is 18.9. The van der Waals surface area contributed by atoms with E-state index in [9.17, 15) is 4.79 Å². The Kier molecular flexibility index (Phi) is 6.93. The Morgan fingerprint density at radius 1 is 1.38 bits per heavy atom. The fourth-order valence-corrected chi connectivity index (χ4v) is 4.51. The first-order chi connectivity index (χ1) is 15.6. The maximum Gasteiger partial charge on any atom is 0.258 e. The van der Waals surface area contributed by atoms with E-state index in [1.165, 1.54) is 11.3 Å². The number of rotatable bonds is 9. The number of thiophene rings is 1. The Morgan fingerprint density at radius 3 is 2.94 bits per heavy atom. The number of morpholine rings is 1. The van der Waals surface area contributed by atoms with Crippen LogP contribution >= 0.6 is 11.3 Å². The predicted octanol–water partition coefficient (Wildman–Crippen LogP) is 3.17. The lowest BCUT2D eigenvalue weighted by Crippen LogP contribution is -2.51. The summed E-state index contributed by atoms with van der Waals surface area (Å²) in [7, 11) is 1.65. The number of methoxy groups -OCH3 is 1. The molecular formula is C22H28N6O3S. The standard InChI is InChI=1S/C22H28N6O3S/c1-3-14(17-12-31-9-8-24-17)25-13-4-5-15(18(10-13)30-2)26-21-11-16(27-28-21)19-6-7-20(32-19)22(23)29/h4-7,10-11,14,17,24-25H,3,8-9,12H2,1-2H3,(H2,23,29)(H2,26,27,28). The average Bonchev–Trinajstić information content (AvgIpc) is 3.49. The molecule has 170 valence electrons. The summed E-state index contributed by atoms with van der Waals surface area (Å²) in [6.45, 7) is 4.50. The van der Waals surface area contributed by atoms with Crippen molar-refractivity contribution in [1.82, 2.24) is 15.5 Å². The van der Waals surface area contributed by atoms with E-state index in [0.717, 1.165) is 41.5 Å². The minimum atomic E-state index is -0.439. The molecule has 0 aliphatic carbocycles. The molecule has 0 bridgehead atoms. The van der Waals surface area contributed by atoms with Crippen molar-refractivity contribution >= 4 is 34.4 Å². The second-order valence-corrected chi connectivity index (χ2v) is 8.61. The molecule has 1 fully saturated rings. The van der Waals surface area contributed by atoms with Crippen molar-refractivity contribution in [3.05, 3.63) is 41.3 Å². The third-order valence-electron chi connectivity index (χ3n) is 5.38. The van der Waals surface area contributed by atoms with Crippen LogP contribution in [0.25, 0.3) is 10.6 Å². The van der Waals surface area contributed by atoms with E-state index in [2.05, 4.69) is 33.1 Å². The van der Waals surface area contributed by atoms with Gasteiger partial charge in [0.05, 0.1) is 41.8 Å². The van der Waals surface area contributed by atoms with E-state index in [0.29, 0.717) is 23.1 Å². The number of nitrogens with zero attached hydrogens (tertiary/aromatic N) is 1. The number of hydrogen-bond donors (Lipinski definition) is 5. The number of benzene rings is 1. The average molecular weight is 457 g/mol. The molecule has 1 aliphatic rings. The van der Waals surface area contributed by atoms with Gasteiger partial charge < -0.3 is 31.2 Å². The fraction of sp³-hybridized carbons (Fsp3) is 0.364. The molecule has 1 aromatic carbocycles. The highest BCUT2D eigenvalue weighted by molar-refractivity contribution is 7.17. The van der Waals surface area contributed by atoms with Crippen LogP contribution in [-0.2, 0) is 4.74 Å². The van der Waals surface area contributed by atoms with Gasteiger partial charge in [-0.05, 0) is 30.7 Å². The fourth-order valence-electron chi connectivity index (χ4n) is 3.69. The zero-order chi connectivity index (χ0) is 22.5. The smallest absolute Gasteiger partial charge is 0.258 e. The number of nitrogens with two attached hydrogens (primary N) is 1. The minimum Gasteiger partial charge on any atom is -0.494 e.